The highest BCUT2D eigenvalue weighted by molar-refractivity contribution is 6.31. The van der Waals surface area contributed by atoms with Gasteiger partial charge in [0.05, 0.1) is 16.4 Å². The highest BCUT2D eigenvalue weighted by Gasteiger charge is 2.33. The minimum absolute atomic E-state index is 0.198. The van der Waals surface area contributed by atoms with E-state index in [9.17, 15) is 0 Å². The highest BCUT2D eigenvalue weighted by atomic mass is 35.5. The zero-order valence-electron chi connectivity index (χ0n) is 14.0. The Balaban J connectivity index is 2.22. The molecule has 4 nitrogen and oxygen atoms in total. The molecule has 1 aliphatic heterocycles. The summed E-state index contributed by atoms with van der Waals surface area (Å²) in [5.74, 6) is 0. The van der Waals surface area contributed by atoms with Crippen molar-refractivity contribution in [1.29, 1.82) is 0 Å². The summed E-state index contributed by atoms with van der Waals surface area (Å²) in [6.07, 6.45) is 2.03. The number of piperazine rings is 1. The molecule has 0 aromatic carbocycles. The van der Waals surface area contributed by atoms with Crippen molar-refractivity contribution in [3.05, 3.63) is 16.4 Å². The molecule has 1 saturated heterocycles. The summed E-state index contributed by atoms with van der Waals surface area (Å²) in [5, 5.41) is 9.17. The molecule has 21 heavy (non-hydrogen) atoms. The van der Waals surface area contributed by atoms with Crippen LogP contribution in [0.5, 0.6) is 0 Å². The van der Waals surface area contributed by atoms with Crippen LogP contribution < -0.4 is 5.32 Å². The lowest BCUT2D eigenvalue weighted by atomic mass is 9.93. The Hall–Kier alpha value is -0.580. The van der Waals surface area contributed by atoms with Crippen molar-refractivity contribution in [1.82, 2.24) is 20.0 Å². The van der Waals surface area contributed by atoms with Crippen LogP contribution in [-0.2, 0) is 19.5 Å². The number of nitrogens with one attached hydrogen (secondary N) is 1. The fourth-order valence-corrected chi connectivity index (χ4v) is 3.32. The van der Waals surface area contributed by atoms with Crippen LogP contribution in [0.15, 0.2) is 0 Å². The van der Waals surface area contributed by atoms with Gasteiger partial charge in [-0.25, -0.2) is 0 Å². The number of aromatic nitrogens is 2. The molecule has 0 bridgehead atoms. The Morgan fingerprint density at radius 2 is 2.10 bits per heavy atom. The lowest BCUT2D eigenvalue weighted by molar-refractivity contribution is 0.0841. The third-order valence-electron chi connectivity index (χ3n) is 4.83. The lowest BCUT2D eigenvalue weighted by Crippen LogP contribution is -2.61. The maximum absolute atomic E-state index is 6.55. The van der Waals surface area contributed by atoms with Gasteiger partial charge in [0.1, 0.15) is 0 Å². The molecule has 1 N–H and O–H groups in total. The number of halogens is 1. The highest BCUT2D eigenvalue weighted by Crippen LogP contribution is 2.26. The maximum Gasteiger partial charge on any atom is 0.0863 e. The summed E-state index contributed by atoms with van der Waals surface area (Å²) in [6, 6.07) is 0.519. The van der Waals surface area contributed by atoms with Crippen LogP contribution in [0.25, 0.3) is 0 Å². The van der Waals surface area contributed by atoms with Gasteiger partial charge in [-0.15, -0.1) is 0 Å². The molecule has 0 amide bonds. The molecule has 2 rings (SSSR count). The Morgan fingerprint density at radius 1 is 1.38 bits per heavy atom. The third-order valence-corrected chi connectivity index (χ3v) is 5.26. The molecule has 0 aliphatic carbocycles. The number of hydrogen-bond donors (Lipinski definition) is 1. The van der Waals surface area contributed by atoms with Crippen LogP contribution in [0.4, 0.5) is 0 Å². The van der Waals surface area contributed by atoms with Crippen LogP contribution in [-0.4, -0.2) is 39.4 Å². The van der Waals surface area contributed by atoms with Gasteiger partial charge in [-0.2, -0.15) is 5.10 Å². The van der Waals surface area contributed by atoms with Crippen molar-refractivity contribution < 1.29 is 0 Å². The molecular formula is C16H29ClN4. The van der Waals surface area contributed by atoms with Gasteiger partial charge >= 0.3 is 0 Å². The van der Waals surface area contributed by atoms with Crippen molar-refractivity contribution >= 4 is 11.6 Å². The first-order valence-corrected chi connectivity index (χ1v) is 8.55. The van der Waals surface area contributed by atoms with Gasteiger partial charge < -0.3 is 5.32 Å². The predicted molar refractivity (Wildman–Crippen MR) is 88.9 cm³/mol. The first-order valence-electron chi connectivity index (χ1n) is 8.17. The second-order valence-corrected chi connectivity index (χ2v) is 6.80. The zero-order valence-corrected chi connectivity index (χ0v) is 14.8. The first kappa shape index (κ1) is 16.8. The summed E-state index contributed by atoms with van der Waals surface area (Å²) >= 11 is 6.55. The largest absolute Gasteiger partial charge is 0.309 e. The molecule has 0 spiro atoms. The van der Waals surface area contributed by atoms with Gasteiger partial charge in [0, 0.05) is 37.8 Å². The van der Waals surface area contributed by atoms with E-state index in [-0.39, 0.29) is 5.54 Å². The van der Waals surface area contributed by atoms with Crippen molar-refractivity contribution in [2.24, 2.45) is 0 Å². The van der Waals surface area contributed by atoms with Crippen molar-refractivity contribution in [3.8, 4) is 0 Å². The Morgan fingerprint density at radius 3 is 2.67 bits per heavy atom. The fourth-order valence-electron chi connectivity index (χ4n) is 2.99. The molecule has 1 aromatic heterocycles. The van der Waals surface area contributed by atoms with E-state index in [0.717, 1.165) is 49.7 Å². The number of nitrogens with zero attached hydrogens (tertiary/aromatic N) is 3. The Labute approximate surface area is 133 Å². The van der Waals surface area contributed by atoms with Gasteiger partial charge in [0.2, 0.25) is 0 Å². The monoisotopic (exact) mass is 312 g/mol. The maximum atomic E-state index is 6.55. The van der Waals surface area contributed by atoms with Gasteiger partial charge in [0.25, 0.3) is 0 Å². The quantitative estimate of drug-likeness (QED) is 0.907. The van der Waals surface area contributed by atoms with E-state index in [4.69, 9.17) is 11.6 Å². The van der Waals surface area contributed by atoms with E-state index in [1.807, 2.05) is 0 Å². The van der Waals surface area contributed by atoms with Crippen LogP contribution in [0.2, 0.25) is 5.02 Å². The third kappa shape index (κ3) is 3.43. The van der Waals surface area contributed by atoms with E-state index < -0.39 is 0 Å². The minimum atomic E-state index is 0.198. The normalized spacial score (nSPS) is 27.2. The van der Waals surface area contributed by atoms with Crippen molar-refractivity contribution in [3.63, 3.8) is 0 Å². The number of hydrogen-bond acceptors (Lipinski definition) is 3. The molecule has 5 heteroatoms. The molecule has 120 valence electrons. The molecule has 1 aromatic rings. The lowest BCUT2D eigenvalue weighted by Gasteiger charge is -2.45. The molecular weight excluding hydrogens is 284 g/mol. The van der Waals surface area contributed by atoms with Crippen molar-refractivity contribution in [2.75, 3.05) is 13.1 Å². The average Bonchev–Trinajstić information content (AvgIpc) is 2.79. The van der Waals surface area contributed by atoms with Crippen molar-refractivity contribution in [2.45, 2.75) is 72.1 Å². The summed E-state index contributed by atoms with van der Waals surface area (Å²) < 4.78 is 2.07. The summed E-state index contributed by atoms with van der Waals surface area (Å²) in [7, 11) is 0. The molecule has 0 saturated carbocycles. The molecule has 2 unspecified atom stereocenters. The molecule has 1 fully saturated rings. The van der Waals surface area contributed by atoms with Crippen LogP contribution in [0, 0.1) is 0 Å². The van der Waals surface area contributed by atoms with Crippen LogP contribution in [0.1, 0.15) is 52.4 Å². The first-order chi connectivity index (χ1) is 9.94. The van der Waals surface area contributed by atoms with Crippen LogP contribution >= 0.6 is 11.6 Å². The standard InChI is InChI=1S/C16H29ClN4/c1-6-13-15(17)14(21(8-3)19-13)10-20-11-16(5,7-2)18-9-12(20)4/h12,18H,6-11H2,1-5H3. The summed E-state index contributed by atoms with van der Waals surface area (Å²) in [6.45, 7) is 14.9. The second kappa shape index (κ2) is 6.67. The topological polar surface area (TPSA) is 33.1 Å². The predicted octanol–water partition coefficient (Wildman–Crippen LogP) is 3.08. The zero-order chi connectivity index (χ0) is 15.6. The Bertz CT molecular complexity index is 485. The van der Waals surface area contributed by atoms with E-state index in [2.05, 4.69) is 54.6 Å². The fraction of sp³-hybridized carbons (Fsp3) is 0.812. The summed E-state index contributed by atoms with van der Waals surface area (Å²) in [5.41, 5.74) is 2.39. The minimum Gasteiger partial charge on any atom is -0.309 e. The molecule has 2 heterocycles. The SMILES string of the molecule is CCc1nn(CC)c(CN2CC(C)(CC)NCC2C)c1Cl. The molecule has 1 aliphatic rings. The van der Waals surface area contributed by atoms with E-state index >= 15 is 0 Å². The van der Waals surface area contributed by atoms with Gasteiger partial charge in [-0.3, -0.25) is 9.58 Å². The van der Waals surface area contributed by atoms with Gasteiger partial charge in [-0.1, -0.05) is 25.4 Å². The molecule has 0 radical (unpaired) electrons. The van der Waals surface area contributed by atoms with E-state index in [1.165, 1.54) is 5.69 Å². The van der Waals surface area contributed by atoms with Crippen LogP contribution in [0.3, 0.4) is 0 Å². The number of rotatable bonds is 5. The van der Waals surface area contributed by atoms with E-state index in [1.54, 1.807) is 0 Å². The van der Waals surface area contributed by atoms with E-state index in [0.29, 0.717) is 6.04 Å². The van der Waals surface area contributed by atoms with Gasteiger partial charge in [-0.05, 0) is 33.6 Å². The number of aryl methyl sites for hydroxylation is 2. The smallest absolute Gasteiger partial charge is 0.0863 e. The summed E-state index contributed by atoms with van der Waals surface area (Å²) in [4.78, 5) is 2.54. The molecule has 2 atom stereocenters. The second-order valence-electron chi connectivity index (χ2n) is 6.43. The average molecular weight is 313 g/mol. The Kier molecular flexibility index (Phi) is 5.33. The van der Waals surface area contributed by atoms with Gasteiger partial charge in [0.15, 0.2) is 0 Å².